The summed E-state index contributed by atoms with van der Waals surface area (Å²) in [6.45, 7) is 0. The Kier molecular flexibility index (Phi) is 3.85. The zero-order valence-electron chi connectivity index (χ0n) is 8.49. The van der Waals surface area contributed by atoms with Crippen LogP contribution in [0.25, 0.3) is 6.08 Å². The molecule has 0 aromatic heterocycles. The molecule has 0 amide bonds. The van der Waals surface area contributed by atoms with Crippen LogP contribution in [0.1, 0.15) is 5.56 Å². The van der Waals surface area contributed by atoms with E-state index in [2.05, 4.69) is 4.74 Å². The lowest BCUT2D eigenvalue weighted by Crippen LogP contribution is -1.99. The van der Waals surface area contributed by atoms with Gasteiger partial charge in [0.1, 0.15) is 5.75 Å². The second kappa shape index (κ2) is 5.14. The topological polar surface area (TPSA) is 35.5 Å². The van der Waals surface area contributed by atoms with E-state index in [0.717, 1.165) is 13.2 Å². The lowest BCUT2D eigenvalue weighted by Gasteiger charge is -2.00. The maximum absolute atomic E-state index is 13.1. The SMILES string of the molecule is COC(=O)/C(F)=C/c1cccc(OC)c1. The van der Waals surface area contributed by atoms with Gasteiger partial charge in [0.2, 0.25) is 5.83 Å². The summed E-state index contributed by atoms with van der Waals surface area (Å²) in [5.74, 6) is -1.33. The van der Waals surface area contributed by atoms with Gasteiger partial charge in [-0.3, -0.25) is 0 Å². The van der Waals surface area contributed by atoms with E-state index in [-0.39, 0.29) is 0 Å². The third-order valence-corrected chi connectivity index (χ3v) is 1.77. The molecular formula is C11H11FO3. The Balaban J connectivity index is 2.92. The molecule has 1 aromatic carbocycles. The first-order chi connectivity index (χ1) is 7.17. The van der Waals surface area contributed by atoms with Gasteiger partial charge >= 0.3 is 5.97 Å². The van der Waals surface area contributed by atoms with Gasteiger partial charge in [-0.25, -0.2) is 4.79 Å². The third kappa shape index (κ3) is 3.09. The molecule has 0 saturated heterocycles. The van der Waals surface area contributed by atoms with Crippen LogP contribution in [-0.4, -0.2) is 20.2 Å². The van der Waals surface area contributed by atoms with E-state index in [0.29, 0.717) is 11.3 Å². The fraction of sp³-hybridized carbons (Fsp3) is 0.182. The second-order valence-corrected chi connectivity index (χ2v) is 2.76. The highest BCUT2D eigenvalue weighted by molar-refractivity contribution is 5.91. The summed E-state index contributed by atoms with van der Waals surface area (Å²) >= 11 is 0. The molecule has 4 heteroatoms. The van der Waals surface area contributed by atoms with Crippen molar-refractivity contribution in [3.05, 3.63) is 35.7 Å². The Morgan fingerprint density at radius 1 is 1.40 bits per heavy atom. The zero-order valence-corrected chi connectivity index (χ0v) is 8.49. The quantitative estimate of drug-likeness (QED) is 0.566. The van der Waals surface area contributed by atoms with Gasteiger partial charge in [0, 0.05) is 0 Å². The number of carbonyl (C=O) groups excluding carboxylic acids is 1. The molecule has 0 bridgehead atoms. The van der Waals surface area contributed by atoms with Crippen LogP contribution in [0.3, 0.4) is 0 Å². The molecule has 0 unspecified atom stereocenters. The van der Waals surface area contributed by atoms with Crippen LogP contribution in [0, 0.1) is 0 Å². The molecule has 0 heterocycles. The van der Waals surface area contributed by atoms with Crippen molar-refractivity contribution in [1.29, 1.82) is 0 Å². The number of hydrogen-bond acceptors (Lipinski definition) is 3. The number of ether oxygens (including phenoxy) is 2. The Morgan fingerprint density at radius 2 is 2.13 bits per heavy atom. The summed E-state index contributed by atoms with van der Waals surface area (Å²) in [6.07, 6.45) is 1.09. The molecule has 15 heavy (non-hydrogen) atoms. The maximum Gasteiger partial charge on any atom is 0.366 e. The summed E-state index contributed by atoms with van der Waals surface area (Å²) in [7, 11) is 2.64. The number of halogens is 1. The molecule has 1 aromatic rings. The second-order valence-electron chi connectivity index (χ2n) is 2.76. The van der Waals surface area contributed by atoms with Gasteiger partial charge in [-0.2, -0.15) is 4.39 Å². The number of esters is 1. The minimum atomic E-state index is -0.988. The molecule has 0 atom stereocenters. The van der Waals surface area contributed by atoms with Crippen molar-refractivity contribution >= 4 is 12.0 Å². The van der Waals surface area contributed by atoms with Crippen molar-refractivity contribution in [3.63, 3.8) is 0 Å². The Hall–Kier alpha value is -1.84. The predicted molar refractivity (Wildman–Crippen MR) is 54.1 cm³/mol. The molecule has 0 N–H and O–H groups in total. The molecule has 1 rings (SSSR count). The largest absolute Gasteiger partial charge is 0.497 e. The van der Waals surface area contributed by atoms with Crippen molar-refractivity contribution in [2.24, 2.45) is 0 Å². The van der Waals surface area contributed by atoms with Crippen molar-refractivity contribution in [3.8, 4) is 5.75 Å². The maximum atomic E-state index is 13.1. The first-order valence-corrected chi connectivity index (χ1v) is 4.27. The van der Waals surface area contributed by atoms with Crippen LogP contribution in [0.15, 0.2) is 30.1 Å². The van der Waals surface area contributed by atoms with Crippen LogP contribution >= 0.6 is 0 Å². The van der Waals surface area contributed by atoms with Crippen LogP contribution in [0.2, 0.25) is 0 Å². The monoisotopic (exact) mass is 210 g/mol. The van der Waals surface area contributed by atoms with Crippen LogP contribution in [-0.2, 0) is 9.53 Å². The predicted octanol–water partition coefficient (Wildman–Crippen LogP) is 2.18. The van der Waals surface area contributed by atoms with Gasteiger partial charge in [0.25, 0.3) is 0 Å². The highest BCUT2D eigenvalue weighted by Crippen LogP contribution is 2.16. The highest BCUT2D eigenvalue weighted by Gasteiger charge is 2.07. The summed E-state index contributed by atoms with van der Waals surface area (Å²) < 4.78 is 22.2. The lowest BCUT2D eigenvalue weighted by atomic mass is 10.2. The molecule has 0 aliphatic rings. The molecule has 0 fully saturated rings. The van der Waals surface area contributed by atoms with Gasteiger partial charge in [0.15, 0.2) is 0 Å². The fourth-order valence-electron chi connectivity index (χ4n) is 1.03. The Bertz CT molecular complexity index is 385. The van der Waals surface area contributed by atoms with Crippen LogP contribution in [0.4, 0.5) is 4.39 Å². The van der Waals surface area contributed by atoms with Gasteiger partial charge in [-0.05, 0) is 23.8 Å². The standard InChI is InChI=1S/C11H11FO3/c1-14-9-5-3-4-8(6-9)7-10(12)11(13)15-2/h3-7H,1-2H3/b10-7-. The molecule has 0 aliphatic carbocycles. The number of hydrogen-bond donors (Lipinski definition) is 0. The van der Waals surface area contributed by atoms with E-state index < -0.39 is 11.8 Å². The van der Waals surface area contributed by atoms with E-state index in [1.807, 2.05) is 0 Å². The Morgan fingerprint density at radius 3 is 2.73 bits per heavy atom. The fourth-order valence-corrected chi connectivity index (χ4v) is 1.03. The van der Waals surface area contributed by atoms with Gasteiger partial charge in [-0.15, -0.1) is 0 Å². The van der Waals surface area contributed by atoms with Crippen molar-refractivity contribution in [1.82, 2.24) is 0 Å². The minimum absolute atomic E-state index is 0.539. The first-order valence-electron chi connectivity index (χ1n) is 4.27. The number of benzene rings is 1. The van der Waals surface area contributed by atoms with Crippen LogP contribution < -0.4 is 4.74 Å². The van der Waals surface area contributed by atoms with Crippen molar-refractivity contribution in [2.75, 3.05) is 14.2 Å². The van der Waals surface area contributed by atoms with E-state index in [1.54, 1.807) is 24.3 Å². The van der Waals surface area contributed by atoms with Gasteiger partial charge in [0.05, 0.1) is 14.2 Å². The zero-order chi connectivity index (χ0) is 11.3. The third-order valence-electron chi connectivity index (χ3n) is 1.77. The molecular weight excluding hydrogens is 199 g/mol. The van der Waals surface area contributed by atoms with E-state index in [9.17, 15) is 9.18 Å². The number of methoxy groups -OCH3 is 2. The van der Waals surface area contributed by atoms with E-state index >= 15 is 0 Å². The smallest absolute Gasteiger partial charge is 0.366 e. The molecule has 0 saturated carbocycles. The molecule has 0 aliphatic heterocycles. The number of carbonyl (C=O) groups is 1. The lowest BCUT2D eigenvalue weighted by molar-refractivity contribution is -0.137. The van der Waals surface area contributed by atoms with Crippen molar-refractivity contribution in [2.45, 2.75) is 0 Å². The highest BCUT2D eigenvalue weighted by atomic mass is 19.1. The van der Waals surface area contributed by atoms with E-state index in [1.165, 1.54) is 7.11 Å². The number of rotatable bonds is 3. The average Bonchev–Trinajstić information content (AvgIpc) is 2.28. The molecule has 80 valence electrons. The first kappa shape index (κ1) is 11.2. The van der Waals surface area contributed by atoms with Crippen LogP contribution in [0.5, 0.6) is 5.75 Å². The summed E-state index contributed by atoms with van der Waals surface area (Å²) in [4.78, 5) is 10.8. The minimum Gasteiger partial charge on any atom is -0.497 e. The normalized spacial score (nSPS) is 11.0. The van der Waals surface area contributed by atoms with Crippen molar-refractivity contribution < 1.29 is 18.7 Å². The molecule has 3 nitrogen and oxygen atoms in total. The molecule has 0 spiro atoms. The van der Waals surface area contributed by atoms with E-state index in [4.69, 9.17) is 4.74 Å². The summed E-state index contributed by atoms with van der Waals surface area (Å²) in [5, 5.41) is 0. The average molecular weight is 210 g/mol. The van der Waals surface area contributed by atoms with Gasteiger partial charge in [-0.1, -0.05) is 12.1 Å². The summed E-state index contributed by atoms with van der Waals surface area (Å²) in [5.41, 5.74) is 0.539. The summed E-state index contributed by atoms with van der Waals surface area (Å²) in [6, 6.07) is 6.70. The molecule has 0 radical (unpaired) electrons. The van der Waals surface area contributed by atoms with Gasteiger partial charge < -0.3 is 9.47 Å². The Labute approximate surface area is 87.1 Å².